The number of hydrogen-bond donors (Lipinski definition) is 3. The fourth-order valence-electron chi connectivity index (χ4n) is 1.77. The summed E-state index contributed by atoms with van der Waals surface area (Å²) < 4.78 is 5.05. The number of amides is 1. The van der Waals surface area contributed by atoms with E-state index in [-0.39, 0.29) is 6.42 Å². The molecule has 0 spiro atoms. The second-order valence-corrected chi connectivity index (χ2v) is 6.37. The van der Waals surface area contributed by atoms with Crippen molar-refractivity contribution < 1.29 is 19.4 Å². The van der Waals surface area contributed by atoms with E-state index in [4.69, 9.17) is 22.1 Å². The molecule has 1 aromatic carbocycles. The molecule has 0 aliphatic carbocycles. The van der Waals surface area contributed by atoms with Gasteiger partial charge in [0.1, 0.15) is 11.6 Å². The monoisotopic (exact) mass is 328 g/mol. The van der Waals surface area contributed by atoms with Crippen LogP contribution in [0.15, 0.2) is 24.3 Å². The van der Waals surface area contributed by atoms with E-state index in [2.05, 4.69) is 5.32 Å². The van der Waals surface area contributed by atoms with Gasteiger partial charge in [-0.3, -0.25) is 0 Å². The fraction of sp³-hybridized carbons (Fsp3) is 0.467. The maximum atomic E-state index is 11.7. The Morgan fingerprint density at radius 2 is 1.86 bits per heavy atom. The van der Waals surface area contributed by atoms with Crippen LogP contribution in [0.25, 0.3) is 0 Å². The topological polar surface area (TPSA) is 102 Å². The molecule has 0 aromatic heterocycles. The molecule has 0 saturated heterocycles. The highest BCUT2D eigenvalue weighted by Gasteiger charge is 2.26. The van der Waals surface area contributed by atoms with E-state index in [0.29, 0.717) is 5.02 Å². The first-order chi connectivity index (χ1) is 10.1. The number of rotatable bonds is 5. The van der Waals surface area contributed by atoms with Crippen molar-refractivity contribution in [3.8, 4) is 0 Å². The van der Waals surface area contributed by atoms with Gasteiger partial charge in [0, 0.05) is 11.1 Å². The molecule has 0 heterocycles. The number of benzene rings is 1. The van der Waals surface area contributed by atoms with Crippen LogP contribution in [-0.4, -0.2) is 28.8 Å². The van der Waals surface area contributed by atoms with Crippen LogP contribution >= 0.6 is 11.6 Å². The van der Waals surface area contributed by atoms with Crippen LogP contribution in [0.1, 0.15) is 38.8 Å². The molecule has 6 nitrogen and oxygen atoms in total. The van der Waals surface area contributed by atoms with Crippen LogP contribution in [-0.2, 0) is 9.53 Å². The van der Waals surface area contributed by atoms with Gasteiger partial charge >= 0.3 is 12.1 Å². The third-order valence-electron chi connectivity index (χ3n) is 2.78. The average Bonchev–Trinajstić information content (AvgIpc) is 2.36. The van der Waals surface area contributed by atoms with Gasteiger partial charge in [-0.2, -0.15) is 0 Å². The Kier molecular flexibility index (Phi) is 6.20. The maximum absolute atomic E-state index is 11.7. The molecule has 0 saturated carbocycles. The lowest BCUT2D eigenvalue weighted by Gasteiger charge is -2.23. The van der Waals surface area contributed by atoms with Crippen LogP contribution in [0, 0.1) is 0 Å². The molecule has 2 atom stereocenters. The maximum Gasteiger partial charge on any atom is 0.408 e. The Hall–Kier alpha value is -1.79. The van der Waals surface area contributed by atoms with E-state index in [1.54, 1.807) is 45.0 Å². The largest absolute Gasteiger partial charge is 0.480 e. The summed E-state index contributed by atoms with van der Waals surface area (Å²) in [6, 6.07) is 5.11. The lowest BCUT2D eigenvalue weighted by atomic mass is 10.0. The molecule has 122 valence electrons. The van der Waals surface area contributed by atoms with Gasteiger partial charge in [0.05, 0.1) is 0 Å². The zero-order valence-corrected chi connectivity index (χ0v) is 13.6. The zero-order chi connectivity index (χ0) is 16.9. The number of ether oxygens (including phenoxy) is 1. The average molecular weight is 329 g/mol. The van der Waals surface area contributed by atoms with E-state index in [0.717, 1.165) is 5.56 Å². The Bertz CT molecular complexity index is 525. The predicted octanol–water partition coefficient (Wildman–Crippen LogP) is 2.71. The Balaban J connectivity index is 2.70. The Labute approximate surface area is 134 Å². The number of halogens is 1. The molecule has 4 N–H and O–H groups in total. The second-order valence-electron chi connectivity index (χ2n) is 5.93. The lowest BCUT2D eigenvalue weighted by Crippen LogP contribution is -2.44. The summed E-state index contributed by atoms with van der Waals surface area (Å²) >= 11 is 5.79. The van der Waals surface area contributed by atoms with Gasteiger partial charge in [-0.25, -0.2) is 9.59 Å². The smallest absolute Gasteiger partial charge is 0.408 e. The van der Waals surface area contributed by atoms with Crippen molar-refractivity contribution in [1.82, 2.24) is 5.32 Å². The van der Waals surface area contributed by atoms with Crippen LogP contribution in [0.2, 0.25) is 5.02 Å². The van der Waals surface area contributed by atoms with Gasteiger partial charge < -0.3 is 20.9 Å². The summed E-state index contributed by atoms with van der Waals surface area (Å²) in [6.07, 6.45) is -0.751. The Morgan fingerprint density at radius 3 is 2.32 bits per heavy atom. The summed E-state index contributed by atoms with van der Waals surface area (Å²) in [7, 11) is 0. The van der Waals surface area contributed by atoms with Crippen LogP contribution in [0.3, 0.4) is 0 Å². The molecule has 1 rings (SSSR count). The van der Waals surface area contributed by atoms with Gasteiger partial charge in [0.2, 0.25) is 0 Å². The van der Waals surface area contributed by atoms with Gasteiger partial charge in [-0.15, -0.1) is 0 Å². The van der Waals surface area contributed by atoms with Crippen molar-refractivity contribution in [2.75, 3.05) is 0 Å². The molecule has 0 aliphatic rings. The molecule has 1 aromatic rings. The quantitative estimate of drug-likeness (QED) is 0.771. The van der Waals surface area contributed by atoms with Crippen molar-refractivity contribution in [2.45, 2.75) is 44.9 Å². The van der Waals surface area contributed by atoms with Crippen molar-refractivity contribution in [1.29, 1.82) is 0 Å². The zero-order valence-electron chi connectivity index (χ0n) is 12.8. The standard InChI is InChI=1S/C15H21ClN2O4/c1-15(2,3)22-14(21)18-12(13(19)20)8-11(17)9-4-6-10(16)7-5-9/h4-7,11-12H,8,17H2,1-3H3,(H,18,21)(H,19,20)/t11-,12-/m0/s1. The molecule has 1 amide bonds. The number of nitrogens with one attached hydrogen (secondary N) is 1. The normalized spacial score (nSPS) is 14.0. The minimum atomic E-state index is -1.17. The lowest BCUT2D eigenvalue weighted by molar-refractivity contribution is -0.139. The molecular weight excluding hydrogens is 308 g/mol. The first-order valence-electron chi connectivity index (χ1n) is 6.82. The molecular formula is C15H21ClN2O4. The van der Waals surface area contributed by atoms with Gasteiger partial charge in [0.15, 0.2) is 0 Å². The first-order valence-corrected chi connectivity index (χ1v) is 7.19. The van der Waals surface area contributed by atoms with E-state index >= 15 is 0 Å². The van der Waals surface area contributed by atoms with Crippen molar-refractivity contribution in [3.05, 3.63) is 34.9 Å². The van der Waals surface area contributed by atoms with E-state index in [9.17, 15) is 14.7 Å². The van der Waals surface area contributed by atoms with Gasteiger partial charge in [0.25, 0.3) is 0 Å². The summed E-state index contributed by atoms with van der Waals surface area (Å²) in [5.74, 6) is -1.17. The molecule has 7 heteroatoms. The number of carboxylic acids is 1. The molecule has 0 aliphatic heterocycles. The first kappa shape index (κ1) is 18.3. The number of aliphatic carboxylic acids is 1. The number of nitrogens with two attached hydrogens (primary N) is 1. The number of hydrogen-bond acceptors (Lipinski definition) is 4. The summed E-state index contributed by atoms with van der Waals surface area (Å²) in [6.45, 7) is 5.09. The van der Waals surface area contributed by atoms with E-state index in [1.165, 1.54) is 0 Å². The number of carbonyl (C=O) groups excluding carboxylic acids is 1. The Morgan fingerprint density at radius 1 is 1.32 bits per heavy atom. The molecule has 0 radical (unpaired) electrons. The third kappa shape index (κ3) is 6.32. The number of carbonyl (C=O) groups is 2. The highest BCUT2D eigenvalue weighted by atomic mass is 35.5. The van der Waals surface area contributed by atoms with Gasteiger partial charge in [-0.05, 0) is 44.9 Å². The SMILES string of the molecule is CC(C)(C)OC(=O)N[C@@H](C[C@H](N)c1ccc(Cl)cc1)C(=O)O. The van der Waals surface area contributed by atoms with Crippen molar-refractivity contribution in [2.24, 2.45) is 5.73 Å². The molecule has 22 heavy (non-hydrogen) atoms. The van der Waals surface area contributed by atoms with E-state index in [1.807, 2.05) is 0 Å². The summed E-state index contributed by atoms with van der Waals surface area (Å²) in [5.41, 5.74) is 6.02. The minimum absolute atomic E-state index is 0.0379. The number of alkyl carbamates (subject to hydrolysis) is 1. The molecule has 0 bridgehead atoms. The summed E-state index contributed by atoms with van der Waals surface area (Å²) in [5, 5.41) is 12.1. The second kappa shape index (κ2) is 7.47. The van der Waals surface area contributed by atoms with Crippen molar-refractivity contribution >= 4 is 23.7 Å². The molecule has 0 unspecified atom stereocenters. The highest BCUT2D eigenvalue weighted by Crippen LogP contribution is 2.19. The van der Waals surface area contributed by atoms with Crippen molar-refractivity contribution in [3.63, 3.8) is 0 Å². The van der Waals surface area contributed by atoms with Gasteiger partial charge in [-0.1, -0.05) is 23.7 Å². The predicted molar refractivity (Wildman–Crippen MR) is 83.8 cm³/mol. The van der Waals surface area contributed by atoms with Crippen LogP contribution < -0.4 is 11.1 Å². The molecule has 0 fully saturated rings. The van der Waals surface area contributed by atoms with Crippen LogP contribution in [0.5, 0.6) is 0 Å². The fourth-order valence-corrected chi connectivity index (χ4v) is 1.90. The summed E-state index contributed by atoms with van der Waals surface area (Å²) in [4.78, 5) is 23.0. The third-order valence-corrected chi connectivity index (χ3v) is 3.03. The van der Waals surface area contributed by atoms with Crippen LogP contribution in [0.4, 0.5) is 4.79 Å². The number of carboxylic acid groups (broad SMARTS) is 1. The van der Waals surface area contributed by atoms with E-state index < -0.39 is 29.7 Å². The minimum Gasteiger partial charge on any atom is -0.480 e. The highest BCUT2D eigenvalue weighted by molar-refractivity contribution is 6.30.